The number of hydrogen-bond donors (Lipinski definition) is 1. The van der Waals surface area contributed by atoms with Gasteiger partial charge in [0.1, 0.15) is 0 Å². The van der Waals surface area contributed by atoms with Crippen LogP contribution in [0.5, 0.6) is 0 Å². The largest absolute Gasteiger partial charge is 0.512 e. The molecule has 1 aliphatic carbocycles. The molecule has 34 heavy (non-hydrogen) atoms. The van der Waals surface area contributed by atoms with Crippen molar-refractivity contribution < 1.29 is 30.0 Å². The minimum absolute atomic E-state index is 0. The number of nitrogens with zero attached hydrogens (tertiary/aromatic N) is 1. The number of carbonyl (C=O) groups excluding carboxylic acids is 1. The van der Waals surface area contributed by atoms with Crippen LogP contribution in [0.3, 0.4) is 0 Å². The van der Waals surface area contributed by atoms with Crippen LogP contribution < -0.4 is 0 Å². The summed E-state index contributed by atoms with van der Waals surface area (Å²) in [6.07, 6.45) is 3.11. The van der Waals surface area contributed by atoms with Crippen LogP contribution in [0, 0.1) is 6.07 Å². The van der Waals surface area contributed by atoms with Crippen molar-refractivity contribution in [2.75, 3.05) is 0 Å². The molecular formula is C29H24IrNO2S-. The van der Waals surface area contributed by atoms with Gasteiger partial charge in [-0.1, -0.05) is 61.0 Å². The van der Waals surface area contributed by atoms with E-state index in [0.29, 0.717) is 0 Å². The van der Waals surface area contributed by atoms with E-state index in [1.807, 2.05) is 17.5 Å². The Kier molecular flexibility index (Phi) is 6.48. The van der Waals surface area contributed by atoms with Crippen molar-refractivity contribution in [3.63, 3.8) is 0 Å². The molecule has 3 nitrogen and oxygen atoms in total. The molecule has 3 aromatic carbocycles. The Morgan fingerprint density at radius 1 is 1.03 bits per heavy atom. The topological polar surface area (TPSA) is 50.2 Å². The number of thiophene rings is 1. The zero-order valence-corrected chi connectivity index (χ0v) is 22.6. The van der Waals surface area contributed by atoms with Crippen LogP contribution in [0.15, 0.2) is 72.6 Å². The quantitative estimate of drug-likeness (QED) is 0.116. The van der Waals surface area contributed by atoms with Crippen molar-refractivity contribution in [2.24, 2.45) is 0 Å². The van der Waals surface area contributed by atoms with Gasteiger partial charge in [-0.05, 0) is 53.4 Å². The first kappa shape index (κ1) is 24.3. The second-order valence-corrected chi connectivity index (χ2v) is 10.0. The number of fused-ring (bicyclic) bond motifs is 4. The average Bonchev–Trinajstić information content (AvgIpc) is 3.12. The summed E-state index contributed by atoms with van der Waals surface area (Å²) in [4.78, 5) is 14.9. The fourth-order valence-electron chi connectivity index (χ4n) is 4.95. The molecular weight excluding hydrogens is 619 g/mol. The van der Waals surface area contributed by atoms with Crippen molar-refractivity contribution in [1.29, 1.82) is 0 Å². The van der Waals surface area contributed by atoms with Gasteiger partial charge in [-0.2, -0.15) is 0 Å². The fourth-order valence-corrected chi connectivity index (χ4v) is 6.07. The third-order valence-electron chi connectivity index (χ3n) is 6.21. The van der Waals surface area contributed by atoms with Crippen LogP contribution in [0.1, 0.15) is 38.8 Å². The standard InChI is InChI=1S/C24H16NS.C5H8O2.Ir/c1-24(2)17-8-5-9-18-20(17)21-19(26-18)12-13-25-23(21)16-11-10-14-6-3-4-7-15(14)22(16)24;1-4(6)3-5(2)7;/h3-10,12-13H,1-2H3;3,6H,1-2H3;/q-1;;/b;4-3-;. The van der Waals surface area contributed by atoms with Gasteiger partial charge < -0.3 is 10.1 Å². The molecule has 2 heterocycles. The predicted octanol–water partition coefficient (Wildman–Crippen LogP) is 7.74. The number of aliphatic hydroxyl groups excluding tert-OH is 1. The number of benzene rings is 3. The molecule has 0 saturated carbocycles. The van der Waals surface area contributed by atoms with Crippen molar-refractivity contribution >= 4 is 48.1 Å². The van der Waals surface area contributed by atoms with Crippen LogP contribution in [-0.2, 0) is 30.3 Å². The molecule has 1 N–H and O–H groups in total. The first-order chi connectivity index (χ1) is 15.8. The van der Waals surface area contributed by atoms with Crippen molar-refractivity contribution in [1.82, 2.24) is 4.98 Å². The molecule has 0 fully saturated rings. The summed E-state index contributed by atoms with van der Waals surface area (Å²) in [5.74, 6) is -0.0625. The Balaban J connectivity index is 0.000000303. The Bertz CT molecular complexity index is 1590. The molecule has 0 saturated heterocycles. The van der Waals surface area contributed by atoms with Gasteiger partial charge in [0.2, 0.25) is 0 Å². The van der Waals surface area contributed by atoms with Gasteiger partial charge in [-0.15, -0.1) is 34.6 Å². The maximum absolute atomic E-state index is 10.0. The minimum Gasteiger partial charge on any atom is -0.512 e. The Hall–Kier alpha value is -2.85. The molecule has 0 unspecified atom stereocenters. The van der Waals surface area contributed by atoms with E-state index in [2.05, 4.69) is 74.5 Å². The number of allylic oxidation sites excluding steroid dienone is 2. The molecule has 173 valence electrons. The molecule has 5 aromatic rings. The summed E-state index contributed by atoms with van der Waals surface area (Å²) >= 11 is 1.86. The first-order valence-corrected chi connectivity index (χ1v) is 11.7. The first-order valence-electron chi connectivity index (χ1n) is 10.9. The molecule has 0 amide bonds. The zero-order chi connectivity index (χ0) is 23.3. The van der Waals surface area contributed by atoms with Crippen molar-refractivity contribution in [3.05, 3.63) is 89.8 Å². The number of aromatic nitrogens is 1. The van der Waals surface area contributed by atoms with Crippen molar-refractivity contribution in [2.45, 2.75) is 33.1 Å². The average molecular weight is 643 g/mol. The summed E-state index contributed by atoms with van der Waals surface area (Å²) in [5, 5.41) is 13.6. The summed E-state index contributed by atoms with van der Waals surface area (Å²) in [5.41, 5.74) is 4.83. The zero-order valence-electron chi connectivity index (χ0n) is 19.4. The van der Waals surface area contributed by atoms with Gasteiger partial charge in [-0.3, -0.25) is 4.79 Å². The number of aliphatic hydroxyl groups is 1. The van der Waals surface area contributed by atoms with E-state index in [0.717, 1.165) is 11.3 Å². The summed E-state index contributed by atoms with van der Waals surface area (Å²) in [7, 11) is 0. The third-order valence-corrected chi connectivity index (χ3v) is 7.33. The number of pyridine rings is 1. The Morgan fingerprint density at radius 2 is 1.76 bits per heavy atom. The number of ketones is 1. The minimum atomic E-state index is -0.125. The Morgan fingerprint density at radius 3 is 2.47 bits per heavy atom. The molecule has 0 spiro atoms. The van der Waals surface area contributed by atoms with Gasteiger partial charge in [0, 0.05) is 41.8 Å². The summed E-state index contributed by atoms with van der Waals surface area (Å²) < 4.78 is 2.65. The van der Waals surface area contributed by atoms with Gasteiger partial charge in [-0.25, -0.2) is 0 Å². The van der Waals surface area contributed by atoms with Crippen LogP contribution >= 0.6 is 11.3 Å². The van der Waals surface area contributed by atoms with Crippen LogP contribution in [0.25, 0.3) is 42.2 Å². The van der Waals surface area contributed by atoms with Gasteiger partial charge in [0.25, 0.3) is 0 Å². The summed E-state index contributed by atoms with van der Waals surface area (Å²) in [6, 6.07) is 23.2. The predicted molar refractivity (Wildman–Crippen MR) is 138 cm³/mol. The molecule has 6 rings (SSSR count). The molecule has 0 bridgehead atoms. The van der Waals surface area contributed by atoms with Gasteiger partial charge in [0.15, 0.2) is 5.78 Å². The maximum atomic E-state index is 10.0. The molecule has 2 aromatic heterocycles. The van der Waals surface area contributed by atoms with E-state index in [4.69, 9.17) is 10.1 Å². The fraction of sp³-hybridized carbons (Fsp3) is 0.172. The van der Waals surface area contributed by atoms with E-state index < -0.39 is 0 Å². The molecule has 1 aliphatic rings. The van der Waals surface area contributed by atoms with Gasteiger partial charge >= 0.3 is 0 Å². The number of carbonyl (C=O) groups is 1. The van der Waals surface area contributed by atoms with E-state index >= 15 is 0 Å². The molecule has 0 aliphatic heterocycles. The SMILES string of the molecule is CC(=O)/C=C(/C)O.CC1(C)c2c([c-]cc3ccccc23)-c2nccc3sc4cccc1c4c23.[Ir]. The van der Waals surface area contributed by atoms with Crippen molar-refractivity contribution in [3.8, 4) is 11.3 Å². The van der Waals surface area contributed by atoms with E-state index in [9.17, 15) is 4.79 Å². The molecule has 1 radical (unpaired) electrons. The van der Waals surface area contributed by atoms with Crippen LogP contribution in [0.2, 0.25) is 0 Å². The number of rotatable bonds is 1. The molecule has 5 heteroatoms. The summed E-state index contributed by atoms with van der Waals surface area (Å²) in [6.45, 7) is 7.54. The van der Waals surface area contributed by atoms with E-state index in [1.165, 1.54) is 62.0 Å². The van der Waals surface area contributed by atoms with E-state index in [1.54, 1.807) is 0 Å². The maximum Gasteiger partial charge on any atom is 0.155 e. The third kappa shape index (κ3) is 3.88. The van der Waals surface area contributed by atoms with E-state index in [-0.39, 0.29) is 37.1 Å². The smallest absolute Gasteiger partial charge is 0.155 e. The second-order valence-electron chi connectivity index (χ2n) is 8.96. The Labute approximate surface area is 216 Å². The second kappa shape index (κ2) is 9.07. The molecule has 0 atom stereocenters. The normalized spacial score (nSPS) is 13.7. The van der Waals surface area contributed by atoms with Crippen LogP contribution in [-0.4, -0.2) is 15.9 Å². The number of hydrogen-bond acceptors (Lipinski definition) is 4. The van der Waals surface area contributed by atoms with Crippen LogP contribution in [0.4, 0.5) is 0 Å². The van der Waals surface area contributed by atoms with Gasteiger partial charge in [0.05, 0.1) is 5.76 Å². The monoisotopic (exact) mass is 643 g/mol.